The van der Waals surface area contributed by atoms with E-state index < -0.39 is 0 Å². The third kappa shape index (κ3) is 3.89. The molecule has 0 radical (unpaired) electrons. The lowest BCUT2D eigenvalue weighted by Gasteiger charge is -2.33. The molecule has 3 rings (SSSR count). The maximum absolute atomic E-state index is 2.54. The van der Waals surface area contributed by atoms with E-state index in [0.29, 0.717) is 0 Å². The highest BCUT2D eigenvalue weighted by molar-refractivity contribution is 5.37. The van der Waals surface area contributed by atoms with Gasteiger partial charge in [0.15, 0.2) is 0 Å². The maximum atomic E-state index is 2.54. The highest BCUT2D eigenvalue weighted by Gasteiger charge is 2.43. The van der Waals surface area contributed by atoms with Gasteiger partial charge in [-0.2, -0.15) is 0 Å². The number of aryl methyl sites for hydroxylation is 1. The molecule has 0 aromatic heterocycles. The molecule has 24 heavy (non-hydrogen) atoms. The lowest BCUT2D eigenvalue weighted by atomic mass is 9.72. The first kappa shape index (κ1) is 18.0. The number of rotatable bonds is 7. The van der Waals surface area contributed by atoms with E-state index in [2.05, 4.69) is 45.9 Å². The lowest BCUT2D eigenvalue weighted by molar-refractivity contribution is 0.242. The molecule has 2 aliphatic rings. The van der Waals surface area contributed by atoms with Gasteiger partial charge >= 0.3 is 0 Å². The Bertz CT molecular complexity index is 529. The summed E-state index contributed by atoms with van der Waals surface area (Å²) in [7, 11) is 0. The summed E-state index contributed by atoms with van der Waals surface area (Å²) in [4.78, 5) is 0. The fourth-order valence-electron chi connectivity index (χ4n) is 5.78. The zero-order chi connectivity index (χ0) is 17.1. The second-order valence-electron chi connectivity index (χ2n) is 9.10. The second kappa shape index (κ2) is 8.07. The van der Waals surface area contributed by atoms with Crippen molar-refractivity contribution < 1.29 is 0 Å². The first-order chi connectivity index (χ1) is 11.6. The Balaban J connectivity index is 1.59. The normalized spacial score (nSPS) is 30.0. The molecule has 0 bridgehead atoms. The van der Waals surface area contributed by atoms with Gasteiger partial charge in [0.25, 0.3) is 0 Å². The summed E-state index contributed by atoms with van der Waals surface area (Å²) in [6.45, 7) is 9.66. The van der Waals surface area contributed by atoms with Crippen LogP contribution in [0.4, 0.5) is 0 Å². The Morgan fingerprint density at radius 2 is 1.96 bits per heavy atom. The fourth-order valence-corrected chi connectivity index (χ4v) is 5.78. The van der Waals surface area contributed by atoms with Gasteiger partial charge in [-0.05, 0) is 78.9 Å². The van der Waals surface area contributed by atoms with Crippen LogP contribution in [0.2, 0.25) is 0 Å². The maximum Gasteiger partial charge on any atom is -0.0242 e. The predicted octanol–water partition coefficient (Wildman–Crippen LogP) is 6.98. The summed E-state index contributed by atoms with van der Waals surface area (Å²) in [5.74, 6) is 4.79. The van der Waals surface area contributed by atoms with E-state index in [9.17, 15) is 0 Å². The molecule has 0 nitrogen and oxygen atoms in total. The summed E-state index contributed by atoms with van der Waals surface area (Å²) in [5.41, 5.74) is 4.90. The molecular formula is C24H38. The van der Waals surface area contributed by atoms with Crippen LogP contribution in [0.15, 0.2) is 18.2 Å². The predicted molar refractivity (Wildman–Crippen MR) is 105 cm³/mol. The van der Waals surface area contributed by atoms with Crippen LogP contribution in [0.3, 0.4) is 0 Å². The van der Waals surface area contributed by atoms with Crippen molar-refractivity contribution in [2.24, 2.45) is 29.6 Å². The Morgan fingerprint density at radius 3 is 2.75 bits per heavy atom. The first-order valence-corrected chi connectivity index (χ1v) is 10.7. The molecule has 5 atom stereocenters. The van der Waals surface area contributed by atoms with Gasteiger partial charge in [-0.25, -0.2) is 0 Å². The van der Waals surface area contributed by atoms with Crippen molar-refractivity contribution in [3.05, 3.63) is 34.9 Å². The Kier molecular flexibility index (Phi) is 6.06. The lowest BCUT2D eigenvalue weighted by Crippen LogP contribution is -2.26. The molecule has 0 aliphatic heterocycles. The SMILES string of the molecule is CCCCC[C@H](C)CC[C@@H]1C2Cc3cccc(C)c3CC2C[C@H]1C. The zero-order valence-electron chi connectivity index (χ0n) is 16.5. The van der Waals surface area contributed by atoms with Gasteiger partial charge in [0.05, 0.1) is 0 Å². The van der Waals surface area contributed by atoms with E-state index in [4.69, 9.17) is 0 Å². The van der Waals surface area contributed by atoms with Gasteiger partial charge in [0.1, 0.15) is 0 Å². The molecular weight excluding hydrogens is 288 g/mol. The topological polar surface area (TPSA) is 0 Å². The third-order valence-corrected chi connectivity index (χ3v) is 7.28. The van der Waals surface area contributed by atoms with Crippen LogP contribution < -0.4 is 0 Å². The molecule has 2 unspecified atom stereocenters. The van der Waals surface area contributed by atoms with Gasteiger partial charge in [0, 0.05) is 0 Å². The van der Waals surface area contributed by atoms with E-state index in [1.54, 1.807) is 11.1 Å². The molecule has 0 spiro atoms. The highest BCUT2D eigenvalue weighted by Crippen LogP contribution is 2.50. The smallest absolute Gasteiger partial charge is 0.0242 e. The van der Waals surface area contributed by atoms with Gasteiger partial charge in [-0.3, -0.25) is 0 Å². The average molecular weight is 327 g/mol. The average Bonchev–Trinajstić information content (AvgIpc) is 2.86. The molecule has 2 aliphatic carbocycles. The Hall–Kier alpha value is -0.780. The van der Waals surface area contributed by atoms with Gasteiger partial charge < -0.3 is 0 Å². The standard InChI is InChI=1S/C24H38/c1-5-6-7-9-17(2)12-13-22-19(4)14-21-16-23-18(3)10-8-11-20(23)15-24(21)22/h8,10-11,17,19,21-22,24H,5-7,9,12-16H2,1-4H3/t17-,19+,21?,22-,24?/m0/s1. The molecule has 1 aromatic rings. The van der Waals surface area contributed by atoms with Gasteiger partial charge in [-0.1, -0.05) is 71.1 Å². The van der Waals surface area contributed by atoms with E-state index in [1.165, 1.54) is 63.4 Å². The first-order valence-electron chi connectivity index (χ1n) is 10.7. The van der Waals surface area contributed by atoms with Crippen molar-refractivity contribution in [1.82, 2.24) is 0 Å². The highest BCUT2D eigenvalue weighted by atomic mass is 14.5. The van der Waals surface area contributed by atoms with Crippen molar-refractivity contribution in [1.29, 1.82) is 0 Å². The zero-order valence-corrected chi connectivity index (χ0v) is 16.5. The van der Waals surface area contributed by atoms with Crippen LogP contribution in [0, 0.1) is 36.5 Å². The molecule has 1 aromatic carbocycles. The molecule has 1 fully saturated rings. The number of hydrogen-bond donors (Lipinski definition) is 0. The van der Waals surface area contributed by atoms with Crippen LogP contribution in [-0.2, 0) is 12.8 Å². The van der Waals surface area contributed by atoms with Crippen molar-refractivity contribution in [2.45, 2.75) is 85.5 Å². The molecule has 1 saturated carbocycles. The molecule has 134 valence electrons. The van der Waals surface area contributed by atoms with Gasteiger partial charge in [0.2, 0.25) is 0 Å². The van der Waals surface area contributed by atoms with Crippen LogP contribution in [-0.4, -0.2) is 0 Å². The van der Waals surface area contributed by atoms with Crippen LogP contribution in [0.25, 0.3) is 0 Å². The number of hydrogen-bond acceptors (Lipinski definition) is 0. The quantitative estimate of drug-likeness (QED) is 0.474. The van der Waals surface area contributed by atoms with Gasteiger partial charge in [-0.15, -0.1) is 0 Å². The van der Waals surface area contributed by atoms with Crippen LogP contribution in [0.5, 0.6) is 0 Å². The van der Waals surface area contributed by atoms with E-state index in [0.717, 1.165) is 29.6 Å². The Morgan fingerprint density at radius 1 is 1.12 bits per heavy atom. The number of unbranched alkanes of at least 4 members (excludes halogenated alkanes) is 2. The van der Waals surface area contributed by atoms with E-state index in [1.807, 2.05) is 0 Å². The molecule has 0 heteroatoms. The van der Waals surface area contributed by atoms with E-state index >= 15 is 0 Å². The van der Waals surface area contributed by atoms with E-state index in [-0.39, 0.29) is 0 Å². The minimum absolute atomic E-state index is 0.931. The molecule has 0 amide bonds. The molecule has 0 N–H and O–H groups in total. The number of fused-ring (bicyclic) bond motifs is 2. The van der Waals surface area contributed by atoms with Crippen molar-refractivity contribution in [3.8, 4) is 0 Å². The van der Waals surface area contributed by atoms with Crippen LogP contribution in [0.1, 0.15) is 82.4 Å². The minimum Gasteiger partial charge on any atom is -0.0654 e. The summed E-state index contributed by atoms with van der Waals surface area (Å²) >= 11 is 0. The summed E-state index contributed by atoms with van der Waals surface area (Å²) < 4.78 is 0. The monoisotopic (exact) mass is 326 g/mol. The summed E-state index contributed by atoms with van der Waals surface area (Å²) in [5, 5.41) is 0. The second-order valence-corrected chi connectivity index (χ2v) is 9.10. The summed E-state index contributed by atoms with van der Waals surface area (Å²) in [6, 6.07) is 7.00. The molecule has 0 saturated heterocycles. The van der Waals surface area contributed by atoms with Crippen molar-refractivity contribution in [3.63, 3.8) is 0 Å². The fraction of sp³-hybridized carbons (Fsp3) is 0.750. The number of benzene rings is 1. The minimum atomic E-state index is 0.931. The van der Waals surface area contributed by atoms with Crippen molar-refractivity contribution in [2.75, 3.05) is 0 Å². The van der Waals surface area contributed by atoms with Crippen molar-refractivity contribution >= 4 is 0 Å². The van der Waals surface area contributed by atoms with Crippen LogP contribution >= 0.6 is 0 Å². The largest absolute Gasteiger partial charge is 0.0654 e. The molecule has 0 heterocycles. The Labute approximate surface area is 150 Å². The third-order valence-electron chi connectivity index (χ3n) is 7.28. The summed E-state index contributed by atoms with van der Waals surface area (Å²) in [6.07, 6.45) is 12.8.